The van der Waals surface area contributed by atoms with Crippen molar-refractivity contribution in [3.63, 3.8) is 0 Å². The summed E-state index contributed by atoms with van der Waals surface area (Å²) < 4.78 is 41.1. The molecular weight excluding hydrogens is 381 g/mol. The third-order valence-electron chi connectivity index (χ3n) is 3.84. The average molecular weight is 403 g/mol. The van der Waals surface area contributed by atoms with Gasteiger partial charge < -0.3 is 15.8 Å². The zero-order chi connectivity index (χ0) is 19.2. The summed E-state index contributed by atoms with van der Waals surface area (Å²) in [5.41, 5.74) is 8.20. The van der Waals surface area contributed by atoms with Crippen molar-refractivity contribution >= 4 is 24.0 Å². The fraction of sp³-hybridized carbons (Fsp3) is 0.316. The Hall–Kier alpha value is -2.41. The lowest BCUT2D eigenvalue weighted by Crippen LogP contribution is -2.26. The molecule has 0 saturated carbocycles. The average Bonchev–Trinajstić information content (AvgIpc) is 2.59. The highest BCUT2D eigenvalue weighted by Crippen LogP contribution is 2.21. The second-order valence-electron chi connectivity index (χ2n) is 5.96. The van der Waals surface area contributed by atoms with Gasteiger partial charge in [0.05, 0.1) is 6.04 Å². The van der Waals surface area contributed by atoms with Gasteiger partial charge in [-0.3, -0.25) is 4.79 Å². The summed E-state index contributed by atoms with van der Waals surface area (Å²) in [4.78, 5) is 12.1. The predicted octanol–water partition coefficient (Wildman–Crippen LogP) is 4.44. The van der Waals surface area contributed by atoms with Gasteiger partial charge in [0.15, 0.2) is 6.61 Å². The first kappa shape index (κ1) is 22.6. The highest BCUT2D eigenvalue weighted by atomic mass is 35.5. The Kier molecular flexibility index (Phi) is 8.43. The normalized spacial score (nSPS) is 12.0. The minimum absolute atomic E-state index is 0. The molecule has 0 spiro atoms. The van der Waals surface area contributed by atoms with Crippen LogP contribution in [0.25, 0.3) is 0 Å². The number of amides is 1. The summed E-state index contributed by atoms with van der Waals surface area (Å²) in [7, 11) is 0. The highest BCUT2D eigenvalue weighted by Gasteiger charge is 2.28. The number of halogens is 4. The van der Waals surface area contributed by atoms with Gasteiger partial charge in [0.25, 0.3) is 0 Å². The summed E-state index contributed by atoms with van der Waals surface area (Å²) in [5.74, 6) is 0.00213. The Labute approximate surface area is 162 Å². The Morgan fingerprint density at radius 2 is 1.78 bits per heavy atom. The molecule has 1 atom stereocenters. The SMILES string of the molecule is CC(NC(=O)CCc1ccccc1N)c1ccc(OCC(F)(F)F)cc1.Cl. The molecule has 0 radical (unpaired) electrons. The quantitative estimate of drug-likeness (QED) is 0.673. The van der Waals surface area contributed by atoms with Crippen molar-refractivity contribution in [2.24, 2.45) is 0 Å². The van der Waals surface area contributed by atoms with Crippen LogP contribution in [0.1, 0.15) is 30.5 Å². The number of para-hydroxylation sites is 1. The molecule has 2 rings (SSSR count). The summed E-state index contributed by atoms with van der Waals surface area (Å²) in [5, 5.41) is 2.86. The van der Waals surface area contributed by atoms with Gasteiger partial charge in [0.2, 0.25) is 5.91 Å². The molecule has 0 heterocycles. The number of hydrogen-bond donors (Lipinski definition) is 2. The molecule has 0 bridgehead atoms. The number of hydrogen-bond acceptors (Lipinski definition) is 3. The van der Waals surface area contributed by atoms with Crippen molar-refractivity contribution in [1.29, 1.82) is 0 Å². The number of nitrogen functional groups attached to an aromatic ring is 1. The minimum atomic E-state index is -4.37. The maximum atomic E-state index is 12.1. The summed E-state index contributed by atoms with van der Waals surface area (Å²) in [6, 6.07) is 13.3. The number of nitrogens with two attached hydrogens (primary N) is 1. The van der Waals surface area contributed by atoms with Gasteiger partial charge in [0.1, 0.15) is 5.75 Å². The van der Waals surface area contributed by atoms with Crippen LogP contribution in [-0.4, -0.2) is 18.7 Å². The van der Waals surface area contributed by atoms with Crippen molar-refractivity contribution in [1.82, 2.24) is 5.32 Å². The number of nitrogens with one attached hydrogen (secondary N) is 1. The zero-order valence-electron chi connectivity index (χ0n) is 14.8. The smallest absolute Gasteiger partial charge is 0.422 e. The first-order chi connectivity index (χ1) is 12.2. The van der Waals surface area contributed by atoms with E-state index < -0.39 is 12.8 Å². The molecule has 0 aliphatic rings. The van der Waals surface area contributed by atoms with Crippen LogP contribution >= 0.6 is 12.4 Å². The van der Waals surface area contributed by atoms with Gasteiger partial charge in [-0.25, -0.2) is 0 Å². The lowest BCUT2D eigenvalue weighted by Gasteiger charge is -2.15. The molecule has 4 nitrogen and oxygen atoms in total. The first-order valence-electron chi connectivity index (χ1n) is 8.17. The summed E-state index contributed by atoms with van der Waals surface area (Å²) >= 11 is 0. The van der Waals surface area contributed by atoms with E-state index in [2.05, 4.69) is 10.1 Å². The number of anilines is 1. The molecule has 0 fully saturated rings. The monoisotopic (exact) mass is 402 g/mol. The maximum Gasteiger partial charge on any atom is 0.422 e. The zero-order valence-corrected chi connectivity index (χ0v) is 15.6. The molecule has 3 N–H and O–H groups in total. The van der Waals surface area contributed by atoms with Gasteiger partial charge >= 0.3 is 6.18 Å². The van der Waals surface area contributed by atoms with Gasteiger partial charge in [-0.2, -0.15) is 13.2 Å². The van der Waals surface area contributed by atoms with E-state index in [9.17, 15) is 18.0 Å². The molecular formula is C19H22ClF3N2O2. The predicted molar refractivity (Wildman–Crippen MR) is 101 cm³/mol. The highest BCUT2D eigenvalue weighted by molar-refractivity contribution is 5.85. The summed E-state index contributed by atoms with van der Waals surface area (Å²) in [6.45, 7) is 0.474. The van der Waals surface area contributed by atoms with Crippen LogP contribution in [0.5, 0.6) is 5.75 Å². The fourth-order valence-electron chi connectivity index (χ4n) is 2.42. The molecule has 2 aromatic rings. The molecule has 0 aromatic heterocycles. The van der Waals surface area contributed by atoms with Crippen LogP contribution in [0.3, 0.4) is 0 Å². The molecule has 148 valence electrons. The van der Waals surface area contributed by atoms with E-state index in [1.54, 1.807) is 25.1 Å². The van der Waals surface area contributed by atoms with E-state index in [0.29, 0.717) is 18.5 Å². The van der Waals surface area contributed by atoms with Crippen LogP contribution in [-0.2, 0) is 11.2 Å². The van der Waals surface area contributed by atoms with Gasteiger partial charge in [-0.1, -0.05) is 30.3 Å². The lowest BCUT2D eigenvalue weighted by molar-refractivity contribution is -0.153. The number of benzene rings is 2. The molecule has 0 aliphatic carbocycles. The second kappa shape index (κ2) is 10.1. The second-order valence-corrected chi connectivity index (χ2v) is 5.96. The van der Waals surface area contributed by atoms with Crippen LogP contribution in [0.4, 0.5) is 18.9 Å². The molecule has 8 heteroatoms. The molecule has 27 heavy (non-hydrogen) atoms. The van der Waals surface area contributed by atoms with Gasteiger partial charge in [-0.15, -0.1) is 12.4 Å². The van der Waals surface area contributed by atoms with E-state index in [-0.39, 0.29) is 30.1 Å². The Morgan fingerprint density at radius 3 is 2.37 bits per heavy atom. The van der Waals surface area contributed by atoms with Crippen LogP contribution < -0.4 is 15.8 Å². The molecule has 1 amide bonds. The number of aryl methyl sites for hydroxylation is 1. The maximum absolute atomic E-state index is 12.1. The minimum Gasteiger partial charge on any atom is -0.484 e. The standard InChI is InChI=1S/C19H21F3N2O2.ClH/c1-13(14-6-9-16(10-7-14)26-12-19(20,21)22)24-18(25)11-8-15-4-2-3-5-17(15)23;/h2-7,9-10,13H,8,11-12,23H2,1H3,(H,24,25);1H. The van der Waals surface area contributed by atoms with E-state index in [1.807, 2.05) is 18.2 Å². The van der Waals surface area contributed by atoms with Gasteiger partial charge in [0, 0.05) is 12.1 Å². The number of ether oxygens (including phenoxy) is 1. The number of carbonyl (C=O) groups is 1. The van der Waals surface area contributed by atoms with Crippen molar-refractivity contribution in [2.75, 3.05) is 12.3 Å². The first-order valence-corrected chi connectivity index (χ1v) is 8.17. The van der Waals surface area contributed by atoms with E-state index in [4.69, 9.17) is 5.73 Å². The van der Waals surface area contributed by atoms with Gasteiger partial charge in [-0.05, 0) is 42.7 Å². The molecule has 1 unspecified atom stereocenters. The number of carbonyl (C=O) groups excluding carboxylic acids is 1. The van der Waals surface area contributed by atoms with Crippen molar-refractivity contribution < 1.29 is 22.7 Å². The van der Waals surface area contributed by atoms with E-state index in [1.165, 1.54) is 12.1 Å². The van der Waals surface area contributed by atoms with Crippen molar-refractivity contribution in [2.45, 2.75) is 32.0 Å². The third kappa shape index (κ3) is 7.78. The number of alkyl halides is 3. The molecule has 0 saturated heterocycles. The molecule has 0 aliphatic heterocycles. The third-order valence-corrected chi connectivity index (χ3v) is 3.84. The Bertz CT molecular complexity index is 736. The lowest BCUT2D eigenvalue weighted by atomic mass is 10.1. The van der Waals surface area contributed by atoms with E-state index in [0.717, 1.165) is 11.1 Å². The molecule has 2 aromatic carbocycles. The van der Waals surface area contributed by atoms with Crippen molar-refractivity contribution in [3.8, 4) is 5.75 Å². The summed E-state index contributed by atoms with van der Waals surface area (Å²) in [6.07, 6.45) is -3.54. The number of rotatable bonds is 7. The van der Waals surface area contributed by atoms with Crippen LogP contribution in [0.2, 0.25) is 0 Å². The van der Waals surface area contributed by atoms with Crippen molar-refractivity contribution in [3.05, 3.63) is 59.7 Å². The van der Waals surface area contributed by atoms with Crippen LogP contribution in [0, 0.1) is 0 Å². The largest absolute Gasteiger partial charge is 0.484 e. The Balaban J connectivity index is 0.00000364. The Morgan fingerprint density at radius 1 is 1.15 bits per heavy atom. The topological polar surface area (TPSA) is 64.4 Å². The van der Waals surface area contributed by atoms with Crippen LogP contribution in [0.15, 0.2) is 48.5 Å². The van der Waals surface area contributed by atoms with E-state index >= 15 is 0 Å². The fourth-order valence-corrected chi connectivity index (χ4v) is 2.42.